The highest BCUT2D eigenvalue weighted by molar-refractivity contribution is 7.92. The van der Waals surface area contributed by atoms with Gasteiger partial charge in [-0.2, -0.15) is 12.7 Å². The third-order valence-corrected chi connectivity index (χ3v) is 8.22. The quantitative estimate of drug-likeness (QED) is 0.490. The van der Waals surface area contributed by atoms with Gasteiger partial charge >= 0.3 is 10.2 Å². The van der Waals surface area contributed by atoms with E-state index >= 15 is 0 Å². The lowest BCUT2D eigenvalue weighted by Gasteiger charge is -2.23. The Kier molecular flexibility index (Phi) is 7.29. The zero-order valence-corrected chi connectivity index (χ0v) is 20.8. The van der Waals surface area contributed by atoms with Gasteiger partial charge in [0.25, 0.3) is 15.9 Å². The van der Waals surface area contributed by atoms with Crippen LogP contribution in [-0.4, -0.2) is 48.2 Å². The number of benzene rings is 3. The minimum Gasteiger partial charge on any atom is -0.322 e. The van der Waals surface area contributed by atoms with Gasteiger partial charge in [0.05, 0.1) is 10.6 Å². The molecule has 0 aliphatic rings. The summed E-state index contributed by atoms with van der Waals surface area (Å²) in [6.45, 7) is 1.87. The van der Waals surface area contributed by atoms with Crippen molar-refractivity contribution in [2.45, 2.75) is 11.8 Å². The molecule has 0 spiro atoms. The molecule has 3 aromatic rings. The molecule has 0 unspecified atom stereocenters. The minimum absolute atomic E-state index is 0.0569. The largest absolute Gasteiger partial charge is 0.322 e. The zero-order valence-electron chi connectivity index (χ0n) is 19.2. The molecule has 11 heteroatoms. The van der Waals surface area contributed by atoms with Crippen molar-refractivity contribution in [3.8, 4) is 0 Å². The summed E-state index contributed by atoms with van der Waals surface area (Å²) >= 11 is 0. The van der Waals surface area contributed by atoms with Gasteiger partial charge in [-0.05, 0) is 73.2 Å². The summed E-state index contributed by atoms with van der Waals surface area (Å²) in [4.78, 5) is 12.6. The maximum Gasteiger partial charge on any atom is 0.303 e. The van der Waals surface area contributed by atoms with Crippen LogP contribution in [-0.2, 0) is 20.2 Å². The number of carbonyl (C=O) groups excluding carboxylic acids is 1. The van der Waals surface area contributed by atoms with Crippen molar-refractivity contribution >= 4 is 43.2 Å². The van der Waals surface area contributed by atoms with Crippen LogP contribution >= 0.6 is 0 Å². The van der Waals surface area contributed by atoms with Crippen LogP contribution in [0.4, 0.5) is 17.1 Å². The molecule has 3 aromatic carbocycles. The number of carbonyl (C=O) groups is 1. The molecule has 34 heavy (non-hydrogen) atoms. The first-order valence-corrected chi connectivity index (χ1v) is 13.1. The molecule has 0 aromatic heterocycles. The summed E-state index contributed by atoms with van der Waals surface area (Å²) in [6, 6.07) is 18.9. The Labute approximate surface area is 200 Å². The highest BCUT2D eigenvalue weighted by Gasteiger charge is 2.21. The molecule has 0 saturated carbocycles. The fraction of sp³-hybridized carbons (Fsp3) is 0.174. The van der Waals surface area contributed by atoms with Crippen LogP contribution in [0.5, 0.6) is 0 Å². The second-order valence-corrected chi connectivity index (χ2v) is 11.6. The summed E-state index contributed by atoms with van der Waals surface area (Å²) in [6.07, 6.45) is 0. The van der Waals surface area contributed by atoms with Crippen molar-refractivity contribution in [1.29, 1.82) is 0 Å². The molecular weight excluding hydrogens is 476 g/mol. The Balaban J connectivity index is 1.69. The Morgan fingerprint density at radius 2 is 1.41 bits per heavy atom. The fourth-order valence-corrected chi connectivity index (χ4v) is 4.97. The maximum atomic E-state index is 12.6. The van der Waals surface area contributed by atoms with E-state index in [0.29, 0.717) is 22.6 Å². The second kappa shape index (κ2) is 9.84. The van der Waals surface area contributed by atoms with Crippen molar-refractivity contribution in [2.75, 3.05) is 35.5 Å². The number of rotatable bonds is 8. The van der Waals surface area contributed by atoms with E-state index in [9.17, 15) is 21.6 Å². The average Bonchev–Trinajstić information content (AvgIpc) is 2.78. The topological polar surface area (TPSA) is 116 Å². The summed E-state index contributed by atoms with van der Waals surface area (Å²) in [7, 11) is -3.13. The van der Waals surface area contributed by atoms with Gasteiger partial charge in [0.2, 0.25) is 0 Å². The molecule has 0 fully saturated rings. The van der Waals surface area contributed by atoms with E-state index in [0.717, 1.165) is 14.2 Å². The highest BCUT2D eigenvalue weighted by atomic mass is 32.2. The van der Waals surface area contributed by atoms with E-state index in [-0.39, 0.29) is 4.90 Å². The van der Waals surface area contributed by atoms with Crippen LogP contribution in [0.1, 0.15) is 15.9 Å². The normalized spacial score (nSPS) is 11.8. The predicted octanol–water partition coefficient (Wildman–Crippen LogP) is 3.29. The zero-order chi connectivity index (χ0) is 25.1. The third-order valence-electron chi connectivity index (χ3n) is 4.99. The molecule has 0 radical (unpaired) electrons. The number of nitrogens with one attached hydrogen (secondary N) is 2. The van der Waals surface area contributed by atoms with Crippen molar-refractivity contribution in [3.63, 3.8) is 0 Å². The average molecular weight is 503 g/mol. The summed E-state index contributed by atoms with van der Waals surface area (Å²) in [5.74, 6) is -0.418. The number of nitrogens with zero attached hydrogens (tertiary/aromatic N) is 2. The summed E-state index contributed by atoms with van der Waals surface area (Å²) in [5, 5.41) is 2.70. The van der Waals surface area contributed by atoms with Crippen LogP contribution in [0.3, 0.4) is 0 Å². The van der Waals surface area contributed by atoms with Crippen molar-refractivity contribution < 1.29 is 21.6 Å². The smallest absolute Gasteiger partial charge is 0.303 e. The molecule has 2 N–H and O–H groups in total. The molecule has 0 bridgehead atoms. The Morgan fingerprint density at radius 3 is 1.97 bits per heavy atom. The van der Waals surface area contributed by atoms with Crippen molar-refractivity contribution in [1.82, 2.24) is 4.31 Å². The number of anilines is 3. The van der Waals surface area contributed by atoms with Gasteiger partial charge in [0.1, 0.15) is 0 Å². The van der Waals surface area contributed by atoms with Gasteiger partial charge in [-0.1, -0.05) is 12.1 Å². The van der Waals surface area contributed by atoms with Crippen molar-refractivity contribution in [2.24, 2.45) is 0 Å². The lowest BCUT2D eigenvalue weighted by molar-refractivity contribution is 0.102. The molecule has 0 aliphatic heterocycles. The first-order valence-electron chi connectivity index (χ1n) is 10.2. The number of amides is 1. The van der Waals surface area contributed by atoms with E-state index in [1.54, 1.807) is 18.2 Å². The molecule has 3 rings (SSSR count). The number of aryl methyl sites for hydroxylation is 1. The standard InChI is InChI=1S/C23H26N4O5S2/c1-17-6-5-7-20(16-17)25-33(29,30)22-14-10-19(11-15-22)24-23(28)18-8-12-21(13-9-18)27(4)34(31,32)26(2)3/h5-16,25H,1-4H3,(H,24,28). The molecule has 0 heterocycles. The number of hydrogen-bond donors (Lipinski definition) is 2. The first kappa shape index (κ1) is 25.2. The second-order valence-electron chi connectivity index (χ2n) is 7.76. The molecule has 0 atom stereocenters. The summed E-state index contributed by atoms with van der Waals surface area (Å²) < 4.78 is 54.4. The van der Waals surface area contributed by atoms with Crippen LogP contribution in [0.25, 0.3) is 0 Å². The molecule has 0 aliphatic carbocycles. The van der Waals surface area contributed by atoms with Gasteiger partial charge in [0, 0.05) is 38.1 Å². The Morgan fingerprint density at radius 1 is 0.794 bits per heavy atom. The van der Waals surface area contributed by atoms with Crippen LogP contribution in [0, 0.1) is 6.92 Å². The molecule has 1 amide bonds. The molecule has 9 nitrogen and oxygen atoms in total. The van der Waals surface area contributed by atoms with Crippen molar-refractivity contribution in [3.05, 3.63) is 83.9 Å². The predicted molar refractivity (Wildman–Crippen MR) is 134 cm³/mol. The summed E-state index contributed by atoms with van der Waals surface area (Å²) in [5.41, 5.74) is 2.52. The fourth-order valence-electron chi connectivity index (χ4n) is 3.04. The van der Waals surface area contributed by atoms with Gasteiger partial charge in [-0.15, -0.1) is 0 Å². The van der Waals surface area contributed by atoms with Gasteiger partial charge < -0.3 is 5.32 Å². The molecule has 0 saturated heterocycles. The van der Waals surface area contributed by atoms with E-state index in [1.165, 1.54) is 69.7 Å². The van der Waals surface area contributed by atoms with E-state index < -0.39 is 26.1 Å². The highest BCUT2D eigenvalue weighted by Crippen LogP contribution is 2.21. The lowest BCUT2D eigenvalue weighted by atomic mass is 10.2. The van der Waals surface area contributed by atoms with Gasteiger partial charge in [-0.25, -0.2) is 8.42 Å². The lowest BCUT2D eigenvalue weighted by Crippen LogP contribution is -2.37. The van der Waals surface area contributed by atoms with Gasteiger partial charge in [-0.3, -0.25) is 13.8 Å². The number of sulfonamides is 1. The van der Waals surface area contributed by atoms with Gasteiger partial charge in [0.15, 0.2) is 0 Å². The first-order chi connectivity index (χ1) is 15.9. The van der Waals surface area contributed by atoms with E-state index in [4.69, 9.17) is 0 Å². The van der Waals surface area contributed by atoms with Crippen LogP contribution < -0.4 is 14.3 Å². The SMILES string of the molecule is Cc1cccc(NS(=O)(=O)c2ccc(NC(=O)c3ccc(N(C)S(=O)(=O)N(C)C)cc3)cc2)c1. The number of hydrogen-bond acceptors (Lipinski definition) is 5. The molecule has 180 valence electrons. The minimum atomic E-state index is -3.78. The third kappa shape index (κ3) is 5.74. The Bertz CT molecular complexity index is 1390. The van der Waals surface area contributed by atoms with E-state index in [1.807, 2.05) is 13.0 Å². The van der Waals surface area contributed by atoms with Crippen LogP contribution in [0.2, 0.25) is 0 Å². The monoisotopic (exact) mass is 502 g/mol. The Hall–Kier alpha value is -3.41. The van der Waals surface area contributed by atoms with E-state index in [2.05, 4.69) is 10.0 Å². The van der Waals surface area contributed by atoms with Crippen LogP contribution in [0.15, 0.2) is 77.7 Å². The maximum absolute atomic E-state index is 12.6. The molecular formula is C23H26N4O5S2.